The summed E-state index contributed by atoms with van der Waals surface area (Å²) in [6, 6.07) is 12.1. The Morgan fingerprint density at radius 1 is 1.09 bits per heavy atom. The van der Waals surface area contributed by atoms with Crippen LogP contribution in [0.25, 0.3) is 0 Å². The number of hydrogen-bond acceptors (Lipinski definition) is 3. The molecule has 2 aromatic carbocycles. The molecule has 0 unspecified atom stereocenters. The van der Waals surface area contributed by atoms with E-state index in [2.05, 4.69) is 5.32 Å². The summed E-state index contributed by atoms with van der Waals surface area (Å²) in [7, 11) is 1.60. The monoisotopic (exact) mass is 339 g/mol. The Hall–Kier alpha value is -1.91. The lowest BCUT2D eigenvalue weighted by Gasteiger charge is -2.09. The van der Waals surface area contributed by atoms with Gasteiger partial charge in [0.05, 0.1) is 29.3 Å². The fourth-order valence-corrected chi connectivity index (χ4v) is 2.17. The van der Waals surface area contributed by atoms with Crippen molar-refractivity contribution in [2.45, 2.75) is 0 Å². The molecule has 0 radical (unpaired) electrons. The minimum atomic E-state index is -0.286. The van der Waals surface area contributed by atoms with E-state index in [9.17, 15) is 4.79 Å². The van der Waals surface area contributed by atoms with Crippen molar-refractivity contribution in [1.29, 1.82) is 0 Å². The molecule has 0 bridgehead atoms. The maximum atomic E-state index is 12.0. The number of carbonyl (C=O) groups is 1. The highest BCUT2D eigenvalue weighted by atomic mass is 35.5. The first kappa shape index (κ1) is 16.5. The molecular formula is C16H15Cl2NO3. The molecule has 22 heavy (non-hydrogen) atoms. The highest BCUT2D eigenvalue weighted by Gasteiger charge is 2.11. The average Bonchev–Trinajstić information content (AvgIpc) is 2.54. The first-order chi connectivity index (χ1) is 10.6. The van der Waals surface area contributed by atoms with E-state index in [-0.39, 0.29) is 10.9 Å². The van der Waals surface area contributed by atoms with Crippen LogP contribution in [0, 0.1) is 0 Å². The third-order valence-electron chi connectivity index (χ3n) is 2.91. The molecule has 0 atom stereocenters. The molecule has 0 heterocycles. The number of nitrogens with one attached hydrogen (secondary N) is 1. The van der Waals surface area contributed by atoms with Crippen LogP contribution in [0.3, 0.4) is 0 Å². The van der Waals surface area contributed by atoms with E-state index in [4.69, 9.17) is 32.7 Å². The standard InChI is InChI=1S/C16H15Cl2NO3/c1-21-11-5-7-12(8-6-11)22-10-9-19-16(20)13-3-2-4-14(17)15(13)18/h2-8H,9-10H2,1H3,(H,19,20). The zero-order valence-corrected chi connectivity index (χ0v) is 13.4. The van der Waals surface area contributed by atoms with Crippen molar-refractivity contribution in [1.82, 2.24) is 5.32 Å². The van der Waals surface area contributed by atoms with E-state index < -0.39 is 0 Å². The molecule has 0 saturated heterocycles. The molecule has 0 aliphatic rings. The Labute approximate surface area is 138 Å². The number of ether oxygens (including phenoxy) is 2. The molecule has 2 aromatic rings. The lowest BCUT2D eigenvalue weighted by atomic mass is 10.2. The van der Waals surface area contributed by atoms with E-state index in [0.29, 0.717) is 29.5 Å². The number of hydrogen-bond donors (Lipinski definition) is 1. The molecule has 0 aliphatic heterocycles. The Morgan fingerprint density at radius 2 is 1.77 bits per heavy atom. The van der Waals surface area contributed by atoms with Gasteiger partial charge in [-0.25, -0.2) is 0 Å². The van der Waals surface area contributed by atoms with Gasteiger partial charge in [-0.3, -0.25) is 4.79 Å². The summed E-state index contributed by atoms with van der Waals surface area (Å²) in [5.74, 6) is 1.18. The summed E-state index contributed by atoms with van der Waals surface area (Å²) in [6.07, 6.45) is 0. The normalized spacial score (nSPS) is 10.1. The van der Waals surface area contributed by atoms with Crippen LogP contribution in [-0.2, 0) is 0 Å². The Bertz CT molecular complexity index is 644. The van der Waals surface area contributed by atoms with Crippen LogP contribution in [0.5, 0.6) is 11.5 Å². The largest absolute Gasteiger partial charge is 0.497 e. The van der Waals surface area contributed by atoms with Gasteiger partial charge in [0.15, 0.2) is 0 Å². The van der Waals surface area contributed by atoms with Crippen molar-refractivity contribution in [2.75, 3.05) is 20.3 Å². The van der Waals surface area contributed by atoms with Gasteiger partial charge in [-0.2, -0.15) is 0 Å². The van der Waals surface area contributed by atoms with Gasteiger partial charge in [-0.15, -0.1) is 0 Å². The highest BCUT2D eigenvalue weighted by molar-refractivity contribution is 6.43. The second-order valence-corrected chi connectivity index (χ2v) is 5.17. The van der Waals surface area contributed by atoms with Crippen LogP contribution in [0.15, 0.2) is 42.5 Å². The van der Waals surface area contributed by atoms with Crippen LogP contribution < -0.4 is 14.8 Å². The SMILES string of the molecule is COc1ccc(OCCNC(=O)c2cccc(Cl)c2Cl)cc1. The maximum Gasteiger partial charge on any atom is 0.252 e. The topological polar surface area (TPSA) is 47.6 Å². The molecule has 0 spiro atoms. The number of methoxy groups -OCH3 is 1. The molecule has 116 valence electrons. The minimum Gasteiger partial charge on any atom is -0.497 e. The molecular weight excluding hydrogens is 325 g/mol. The molecule has 2 rings (SSSR count). The van der Waals surface area contributed by atoms with Crippen molar-refractivity contribution in [2.24, 2.45) is 0 Å². The summed E-state index contributed by atoms with van der Waals surface area (Å²) >= 11 is 11.9. The van der Waals surface area contributed by atoms with Crippen molar-refractivity contribution < 1.29 is 14.3 Å². The van der Waals surface area contributed by atoms with E-state index in [1.54, 1.807) is 49.6 Å². The predicted octanol–water partition coefficient (Wildman–Crippen LogP) is 3.81. The highest BCUT2D eigenvalue weighted by Crippen LogP contribution is 2.25. The molecule has 6 heteroatoms. The smallest absolute Gasteiger partial charge is 0.252 e. The summed E-state index contributed by atoms with van der Waals surface area (Å²) in [6.45, 7) is 0.698. The number of benzene rings is 2. The van der Waals surface area contributed by atoms with Crippen LogP contribution >= 0.6 is 23.2 Å². The predicted molar refractivity (Wildman–Crippen MR) is 87.3 cm³/mol. The van der Waals surface area contributed by atoms with Crippen molar-refractivity contribution in [3.63, 3.8) is 0 Å². The third-order valence-corrected chi connectivity index (χ3v) is 3.73. The molecule has 0 fully saturated rings. The number of halogens is 2. The van der Waals surface area contributed by atoms with Gasteiger partial charge in [0, 0.05) is 0 Å². The maximum absolute atomic E-state index is 12.0. The van der Waals surface area contributed by atoms with Gasteiger partial charge >= 0.3 is 0 Å². The van der Waals surface area contributed by atoms with E-state index in [1.807, 2.05) is 0 Å². The number of carbonyl (C=O) groups excluding carboxylic acids is 1. The summed E-state index contributed by atoms with van der Waals surface area (Å²) < 4.78 is 10.6. The molecule has 1 amide bonds. The van der Waals surface area contributed by atoms with Crippen LogP contribution in [-0.4, -0.2) is 26.2 Å². The summed E-state index contributed by atoms with van der Waals surface area (Å²) in [5, 5.41) is 3.33. The fourth-order valence-electron chi connectivity index (χ4n) is 1.78. The van der Waals surface area contributed by atoms with Gasteiger partial charge in [0.1, 0.15) is 18.1 Å². The summed E-state index contributed by atoms with van der Waals surface area (Å²) in [5.41, 5.74) is 0.346. The van der Waals surface area contributed by atoms with Crippen LogP contribution in [0.2, 0.25) is 10.0 Å². The van der Waals surface area contributed by atoms with Gasteiger partial charge < -0.3 is 14.8 Å². The molecule has 0 aliphatic carbocycles. The molecule has 1 N–H and O–H groups in total. The average molecular weight is 340 g/mol. The van der Waals surface area contributed by atoms with Crippen molar-refractivity contribution >= 4 is 29.1 Å². The fraction of sp³-hybridized carbons (Fsp3) is 0.188. The molecule has 0 aromatic heterocycles. The minimum absolute atomic E-state index is 0.248. The van der Waals surface area contributed by atoms with E-state index in [1.165, 1.54) is 0 Å². The van der Waals surface area contributed by atoms with Gasteiger partial charge in [0.2, 0.25) is 0 Å². The zero-order valence-electron chi connectivity index (χ0n) is 11.9. The van der Waals surface area contributed by atoms with Crippen molar-refractivity contribution in [3.8, 4) is 11.5 Å². The lowest BCUT2D eigenvalue weighted by molar-refractivity contribution is 0.0947. The quantitative estimate of drug-likeness (QED) is 0.814. The van der Waals surface area contributed by atoms with E-state index in [0.717, 1.165) is 5.75 Å². The second-order valence-electron chi connectivity index (χ2n) is 4.38. The Kier molecular flexibility index (Phi) is 5.92. The third kappa shape index (κ3) is 4.29. The van der Waals surface area contributed by atoms with Gasteiger partial charge in [0.25, 0.3) is 5.91 Å². The first-order valence-electron chi connectivity index (χ1n) is 6.61. The lowest BCUT2D eigenvalue weighted by Crippen LogP contribution is -2.28. The second kappa shape index (κ2) is 7.92. The van der Waals surface area contributed by atoms with Crippen LogP contribution in [0.4, 0.5) is 0 Å². The van der Waals surface area contributed by atoms with Crippen molar-refractivity contribution in [3.05, 3.63) is 58.1 Å². The van der Waals surface area contributed by atoms with Crippen LogP contribution in [0.1, 0.15) is 10.4 Å². The number of amides is 1. The summed E-state index contributed by atoms with van der Waals surface area (Å²) in [4.78, 5) is 12.0. The van der Waals surface area contributed by atoms with Gasteiger partial charge in [-0.1, -0.05) is 29.3 Å². The first-order valence-corrected chi connectivity index (χ1v) is 7.36. The van der Waals surface area contributed by atoms with Gasteiger partial charge in [-0.05, 0) is 36.4 Å². The van der Waals surface area contributed by atoms with E-state index >= 15 is 0 Å². The Balaban J connectivity index is 1.80. The zero-order chi connectivity index (χ0) is 15.9. The Morgan fingerprint density at radius 3 is 2.45 bits per heavy atom. The molecule has 4 nitrogen and oxygen atoms in total. The number of rotatable bonds is 6. The molecule has 0 saturated carbocycles.